The Morgan fingerprint density at radius 2 is 1.95 bits per heavy atom. The van der Waals surface area contributed by atoms with Crippen molar-refractivity contribution in [2.45, 2.75) is 50.5 Å². The van der Waals surface area contributed by atoms with Gasteiger partial charge in [0.2, 0.25) is 0 Å². The van der Waals surface area contributed by atoms with Crippen molar-refractivity contribution in [1.29, 1.82) is 0 Å². The molecule has 2 aliphatic rings. The van der Waals surface area contributed by atoms with E-state index in [-0.39, 0.29) is 5.60 Å². The molecule has 1 aromatic rings. The number of ether oxygens (including phenoxy) is 1. The fourth-order valence-corrected chi connectivity index (χ4v) is 2.74. The largest absolute Gasteiger partial charge is 0.376 e. The number of nitrogens with one attached hydrogen (secondary N) is 2. The molecule has 0 spiro atoms. The third kappa shape index (κ3) is 2.46. The quantitative estimate of drug-likeness (QED) is 0.836. The minimum atomic E-state index is 0.0109. The summed E-state index contributed by atoms with van der Waals surface area (Å²) in [4.78, 5) is 9.34. The zero-order chi connectivity index (χ0) is 14.2. The summed E-state index contributed by atoms with van der Waals surface area (Å²) in [6.45, 7) is 2.89. The van der Waals surface area contributed by atoms with E-state index in [1.165, 1.54) is 19.3 Å². The summed E-state index contributed by atoms with van der Waals surface area (Å²) in [6, 6.07) is 0. The van der Waals surface area contributed by atoms with E-state index < -0.39 is 0 Å². The molecule has 2 saturated carbocycles. The zero-order valence-corrected chi connectivity index (χ0v) is 12.6. The second-order valence-corrected chi connectivity index (χ2v) is 6.02. The molecule has 2 aliphatic carbocycles. The molecule has 0 saturated heterocycles. The number of nitrogens with zero attached hydrogens (tertiary/aromatic N) is 2. The first-order valence-corrected chi connectivity index (χ1v) is 7.53. The minimum absolute atomic E-state index is 0.0109. The molecule has 1 heterocycles. The van der Waals surface area contributed by atoms with Crippen LogP contribution in [0.3, 0.4) is 0 Å². The lowest BCUT2D eigenvalue weighted by atomic mass is 9.80. The lowest BCUT2D eigenvalue weighted by Crippen LogP contribution is -2.45. The third-order valence-corrected chi connectivity index (χ3v) is 4.62. The lowest BCUT2D eigenvalue weighted by molar-refractivity contribution is -0.0601. The normalized spacial score (nSPS) is 20.4. The molecule has 0 unspecified atom stereocenters. The predicted molar refractivity (Wildman–Crippen MR) is 80.4 cm³/mol. The fraction of sp³-hybridized carbons (Fsp3) is 0.733. The molecule has 2 N–H and O–H groups in total. The number of hydrogen-bond acceptors (Lipinski definition) is 5. The van der Waals surface area contributed by atoms with Gasteiger partial charge in [-0.15, -0.1) is 0 Å². The Hall–Kier alpha value is -1.36. The van der Waals surface area contributed by atoms with Crippen molar-refractivity contribution in [2.24, 2.45) is 0 Å². The van der Waals surface area contributed by atoms with Crippen LogP contribution in [-0.4, -0.2) is 36.3 Å². The summed E-state index contributed by atoms with van der Waals surface area (Å²) in [7, 11) is 3.72. The van der Waals surface area contributed by atoms with Crippen molar-refractivity contribution in [3.05, 3.63) is 11.4 Å². The topological polar surface area (TPSA) is 59.1 Å². The highest BCUT2D eigenvalue weighted by molar-refractivity contribution is 5.57. The number of rotatable bonds is 6. The zero-order valence-electron chi connectivity index (χ0n) is 12.6. The predicted octanol–water partition coefficient (Wildman–Crippen LogP) is 2.69. The van der Waals surface area contributed by atoms with Crippen LogP contribution in [0.2, 0.25) is 0 Å². The monoisotopic (exact) mass is 276 g/mol. The summed E-state index contributed by atoms with van der Waals surface area (Å²) >= 11 is 0. The molecular weight excluding hydrogens is 252 g/mol. The molecule has 20 heavy (non-hydrogen) atoms. The van der Waals surface area contributed by atoms with Crippen molar-refractivity contribution < 1.29 is 4.74 Å². The maximum Gasteiger partial charge on any atom is 0.136 e. The van der Waals surface area contributed by atoms with Crippen LogP contribution in [0.5, 0.6) is 0 Å². The van der Waals surface area contributed by atoms with Crippen LogP contribution in [0.25, 0.3) is 0 Å². The third-order valence-electron chi connectivity index (χ3n) is 4.62. The van der Waals surface area contributed by atoms with Crippen molar-refractivity contribution in [3.8, 4) is 0 Å². The molecule has 5 heteroatoms. The highest BCUT2D eigenvalue weighted by atomic mass is 16.5. The van der Waals surface area contributed by atoms with Gasteiger partial charge in [0.05, 0.1) is 5.60 Å². The molecule has 5 nitrogen and oxygen atoms in total. The fourth-order valence-electron chi connectivity index (χ4n) is 2.74. The molecule has 0 aliphatic heterocycles. The molecule has 2 fully saturated rings. The number of anilines is 2. The van der Waals surface area contributed by atoms with Crippen molar-refractivity contribution in [2.75, 3.05) is 31.3 Å². The van der Waals surface area contributed by atoms with Crippen LogP contribution in [0.4, 0.5) is 11.6 Å². The average molecular weight is 276 g/mol. The van der Waals surface area contributed by atoms with Crippen LogP contribution >= 0.6 is 0 Å². The van der Waals surface area contributed by atoms with Gasteiger partial charge in [-0.3, -0.25) is 0 Å². The molecule has 3 rings (SSSR count). The van der Waals surface area contributed by atoms with E-state index in [1.54, 1.807) is 0 Å². The van der Waals surface area contributed by atoms with E-state index >= 15 is 0 Å². The van der Waals surface area contributed by atoms with E-state index in [4.69, 9.17) is 9.72 Å². The average Bonchev–Trinajstić information content (AvgIpc) is 3.24. The Morgan fingerprint density at radius 3 is 2.45 bits per heavy atom. The Kier molecular flexibility index (Phi) is 3.54. The second kappa shape index (κ2) is 5.20. The Morgan fingerprint density at radius 1 is 1.25 bits per heavy atom. The number of aromatic nitrogens is 2. The maximum atomic E-state index is 5.66. The molecule has 110 valence electrons. The SMILES string of the molecule is CNc1nc(C2CC2)nc(NCC2(OC)CCC2)c1C. The van der Waals surface area contributed by atoms with Crippen LogP contribution in [0.15, 0.2) is 0 Å². The summed E-state index contributed by atoms with van der Waals surface area (Å²) in [5.74, 6) is 3.42. The molecular formula is C15H24N4O. The smallest absolute Gasteiger partial charge is 0.136 e. The van der Waals surface area contributed by atoms with Gasteiger partial charge in [-0.05, 0) is 39.0 Å². The van der Waals surface area contributed by atoms with Crippen LogP contribution in [0, 0.1) is 6.92 Å². The second-order valence-electron chi connectivity index (χ2n) is 6.02. The van der Waals surface area contributed by atoms with Gasteiger partial charge < -0.3 is 15.4 Å². The van der Waals surface area contributed by atoms with E-state index in [0.717, 1.165) is 42.4 Å². The summed E-state index contributed by atoms with van der Waals surface area (Å²) in [5.41, 5.74) is 1.10. The van der Waals surface area contributed by atoms with Gasteiger partial charge >= 0.3 is 0 Å². The first-order chi connectivity index (χ1) is 9.67. The van der Waals surface area contributed by atoms with Crippen LogP contribution in [0.1, 0.15) is 49.4 Å². The maximum absolute atomic E-state index is 5.66. The van der Waals surface area contributed by atoms with Gasteiger partial charge in [-0.2, -0.15) is 0 Å². The Balaban J connectivity index is 1.78. The van der Waals surface area contributed by atoms with E-state index in [2.05, 4.69) is 22.5 Å². The summed E-state index contributed by atoms with van der Waals surface area (Å²) in [6.07, 6.45) is 5.96. The van der Waals surface area contributed by atoms with Gasteiger partial charge in [0.25, 0.3) is 0 Å². The number of methoxy groups -OCH3 is 1. The van der Waals surface area contributed by atoms with Gasteiger partial charge in [0, 0.05) is 32.2 Å². The van der Waals surface area contributed by atoms with Gasteiger partial charge in [-0.25, -0.2) is 9.97 Å². The van der Waals surface area contributed by atoms with Crippen LogP contribution in [-0.2, 0) is 4.74 Å². The highest BCUT2D eigenvalue weighted by Crippen LogP contribution is 2.40. The summed E-state index contributed by atoms with van der Waals surface area (Å²) < 4.78 is 5.66. The Bertz CT molecular complexity index is 489. The van der Waals surface area contributed by atoms with E-state index in [0.29, 0.717) is 5.92 Å². The van der Waals surface area contributed by atoms with E-state index in [1.807, 2.05) is 14.2 Å². The standard InChI is InChI=1S/C15H24N4O/c1-10-12(16-2)18-14(11-5-6-11)19-13(10)17-9-15(20-3)7-4-8-15/h11H,4-9H2,1-3H3,(H2,16,17,18,19). The van der Waals surface area contributed by atoms with Crippen molar-refractivity contribution >= 4 is 11.6 Å². The van der Waals surface area contributed by atoms with E-state index in [9.17, 15) is 0 Å². The van der Waals surface area contributed by atoms with Crippen molar-refractivity contribution in [1.82, 2.24) is 9.97 Å². The first-order valence-electron chi connectivity index (χ1n) is 7.53. The molecule has 0 amide bonds. The highest BCUT2D eigenvalue weighted by Gasteiger charge is 2.37. The molecule has 0 aromatic carbocycles. The van der Waals surface area contributed by atoms with Crippen LogP contribution < -0.4 is 10.6 Å². The minimum Gasteiger partial charge on any atom is -0.376 e. The summed E-state index contributed by atoms with van der Waals surface area (Å²) in [5, 5.41) is 6.66. The first kappa shape index (κ1) is 13.6. The molecule has 0 atom stereocenters. The lowest BCUT2D eigenvalue weighted by Gasteiger charge is -2.40. The van der Waals surface area contributed by atoms with Gasteiger partial charge in [0.1, 0.15) is 17.5 Å². The molecule has 0 radical (unpaired) electrons. The number of hydrogen-bond donors (Lipinski definition) is 2. The van der Waals surface area contributed by atoms with Gasteiger partial charge in [-0.1, -0.05) is 0 Å². The molecule has 0 bridgehead atoms. The Labute approximate surface area is 120 Å². The molecule has 1 aromatic heterocycles. The van der Waals surface area contributed by atoms with Gasteiger partial charge in [0.15, 0.2) is 0 Å². The van der Waals surface area contributed by atoms with Crippen molar-refractivity contribution in [3.63, 3.8) is 0 Å².